The summed E-state index contributed by atoms with van der Waals surface area (Å²) in [5.74, 6) is 0. The lowest BCUT2D eigenvalue weighted by molar-refractivity contribution is 0.661. The van der Waals surface area contributed by atoms with Crippen molar-refractivity contribution in [3.8, 4) is 27.9 Å². The van der Waals surface area contributed by atoms with Crippen molar-refractivity contribution in [2.45, 2.75) is 19.3 Å². The molecule has 2 heterocycles. The molecule has 0 radical (unpaired) electrons. The molecule has 1 aliphatic carbocycles. The minimum atomic E-state index is -0.971. The van der Waals surface area contributed by atoms with Crippen LogP contribution in [0.2, 0.25) is 0 Å². The first kappa shape index (κ1) is 32.1. The second kappa shape index (κ2) is 12.3. The summed E-state index contributed by atoms with van der Waals surface area (Å²) >= 11 is 0. The molecule has 0 fully saturated rings. The largest absolute Gasteiger partial charge is 0.309 e. The zero-order valence-electron chi connectivity index (χ0n) is 30.8. The van der Waals surface area contributed by atoms with E-state index in [4.69, 9.17) is 0 Å². The summed E-state index contributed by atoms with van der Waals surface area (Å²) in [4.78, 5) is 0. The minimum Gasteiger partial charge on any atom is -0.309 e. The third-order valence-electron chi connectivity index (χ3n) is 11.6. The summed E-state index contributed by atoms with van der Waals surface area (Å²) in [6.45, 7) is 4.73. The lowest BCUT2D eigenvalue weighted by Gasteiger charge is -2.32. The summed E-state index contributed by atoms with van der Waals surface area (Å²) < 4.78 is 7.61. The van der Waals surface area contributed by atoms with Crippen LogP contribution in [-0.2, 0) is 5.41 Å². The summed E-state index contributed by atoms with van der Waals surface area (Å²) in [5, 5.41) is 3.84. The van der Waals surface area contributed by atoms with Gasteiger partial charge < -0.3 is 4.57 Å². The van der Waals surface area contributed by atoms with Gasteiger partial charge >= 0.3 is 0 Å². The van der Waals surface area contributed by atoms with Crippen LogP contribution in [0.15, 0.2) is 194 Å². The highest BCUT2D eigenvalue weighted by molar-refractivity contribution is 7.70. The van der Waals surface area contributed by atoms with E-state index in [0.29, 0.717) is 0 Å². The topological polar surface area (TPSA) is 11.4 Å². The highest BCUT2D eigenvalue weighted by Crippen LogP contribution is 2.65. The molecular weight excluding hydrogens is 686 g/mol. The molecule has 55 heavy (non-hydrogen) atoms. The van der Waals surface area contributed by atoms with E-state index in [9.17, 15) is 0 Å². The molecule has 1 aliphatic heterocycles. The molecule has 0 N–H and O–H groups in total. The number of benzene rings is 8. The maximum absolute atomic E-state index is 2.57. The van der Waals surface area contributed by atoms with Gasteiger partial charge in [-0.05, 0) is 88.5 Å². The molecule has 2 aliphatic rings. The zero-order chi connectivity index (χ0) is 36.7. The molecule has 0 saturated carbocycles. The normalized spacial score (nSPS) is 15.3. The van der Waals surface area contributed by atoms with Crippen LogP contribution in [0.4, 0.5) is 22.7 Å². The number of para-hydroxylation sites is 3. The van der Waals surface area contributed by atoms with Gasteiger partial charge in [-0.25, -0.2) is 0 Å². The van der Waals surface area contributed by atoms with Crippen molar-refractivity contribution in [1.82, 2.24) is 4.57 Å². The van der Waals surface area contributed by atoms with Crippen molar-refractivity contribution in [3.63, 3.8) is 0 Å². The lowest BCUT2D eigenvalue weighted by atomic mass is 9.82. The van der Waals surface area contributed by atoms with E-state index in [1.54, 1.807) is 0 Å². The van der Waals surface area contributed by atoms with Crippen LogP contribution >= 0.6 is 8.22 Å². The Labute approximate surface area is 323 Å². The fraction of sp³-hybridized carbons (Fsp3) is 0.0588. The van der Waals surface area contributed by atoms with Crippen LogP contribution in [0.3, 0.4) is 0 Å². The number of aromatic nitrogens is 1. The number of hydrogen-bond acceptors (Lipinski definition) is 2. The second-order valence-electron chi connectivity index (χ2n) is 15.1. The maximum Gasteiger partial charge on any atom is 0.138 e. The van der Waals surface area contributed by atoms with Gasteiger partial charge in [0.1, 0.15) is 8.22 Å². The first-order valence-electron chi connectivity index (χ1n) is 19.0. The third kappa shape index (κ3) is 4.80. The van der Waals surface area contributed by atoms with Crippen molar-refractivity contribution in [2.24, 2.45) is 0 Å². The molecule has 9 aromatic rings. The van der Waals surface area contributed by atoms with Crippen LogP contribution in [0.5, 0.6) is 0 Å². The third-order valence-corrected chi connectivity index (χ3v) is 14.0. The maximum atomic E-state index is 2.57. The first-order chi connectivity index (χ1) is 27.1. The quantitative estimate of drug-likeness (QED) is 0.164. The van der Waals surface area contributed by atoms with Crippen molar-refractivity contribution in [2.75, 3.05) is 9.34 Å². The van der Waals surface area contributed by atoms with Gasteiger partial charge in [-0.2, -0.15) is 0 Å². The Kier molecular flexibility index (Phi) is 7.18. The summed E-state index contributed by atoms with van der Waals surface area (Å²) in [6.07, 6.45) is 0. The molecule has 0 saturated heterocycles. The van der Waals surface area contributed by atoms with E-state index in [1.807, 2.05) is 0 Å². The van der Waals surface area contributed by atoms with Crippen LogP contribution < -0.4 is 14.6 Å². The highest BCUT2D eigenvalue weighted by atomic mass is 31.1. The van der Waals surface area contributed by atoms with Gasteiger partial charge in [0.25, 0.3) is 0 Å². The Morgan fingerprint density at radius 2 is 1.00 bits per heavy atom. The molecule has 0 bridgehead atoms. The van der Waals surface area contributed by atoms with Gasteiger partial charge in [-0.1, -0.05) is 147 Å². The SMILES string of the molecule is CC1(C)c2ccccc2-c2c1ccc1c3cc(-c4ccc5c(c4)N(c4ccccc4)P(c4ccccc4)N5c4ccccc4)ccc3n(-c3ccccc3)c21. The minimum absolute atomic E-state index is 0.0783. The monoisotopic (exact) mass is 723 g/mol. The fourth-order valence-electron chi connectivity index (χ4n) is 9.09. The summed E-state index contributed by atoms with van der Waals surface area (Å²) in [5.41, 5.74) is 16.3. The van der Waals surface area contributed by atoms with Crippen molar-refractivity contribution >= 4 is 58.1 Å². The van der Waals surface area contributed by atoms with Gasteiger partial charge in [0, 0.05) is 44.1 Å². The van der Waals surface area contributed by atoms with Gasteiger partial charge in [-0.15, -0.1) is 0 Å². The average molecular weight is 724 g/mol. The van der Waals surface area contributed by atoms with E-state index in [2.05, 4.69) is 222 Å². The Balaban J connectivity index is 1.14. The highest BCUT2D eigenvalue weighted by Gasteiger charge is 2.40. The number of fused-ring (bicyclic) bond motifs is 8. The molecule has 3 nitrogen and oxygen atoms in total. The molecule has 4 heteroatoms. The van der Waals surface area contributed by atoms with Crippen LogP contribution in [0.25, 0.3) is 49.7 Å². The van der Waals surface area contributed by atoms with Gasteiger partial charge in [0.2, 0.25) is 0 Å². The van der Waals surface area contributed by atoms with Crippen molar-refractivity contribution < 1.29 is 0 Å². The Hall–Kier alpha value is -6.41. The van der Waals surface area contributed by atoms with Crippen LogP contribution in [0, 0.1) is 0 Å². The Bertz CT molecular complexity index is 2900. The molecular formula is C51H38N3P. The number of anilines is 4. The predicted octanol–water partition coefficient (Wildman–Crippen LogP) is 13.7. The fourth-order valence-corrected chi connectivity index (χ4v) is 11.6. The average Bonchev–Trinajstić information content (AvgIpc) is 3.85. The molecule has 1 aromatic heterocycles. The van der Waals surface area contributed by atoms with Crippen LogP contribution in [0.1, 0.15) is 25.0 Å². The van der Waals surface area contributed by atoms with E-state index >= 15 is 0 Å². The summed E-state index contributed by atoms with van der Waals surface area (Å²) in [7, 11) is -0.971. The molecule has 11 rings (SSSR count). The molecule has 0 spiro atoms. The molecule has 0 amide bonds. The molecule has 1 atom stereocenters. The summed E-state index contributed by atoms with van der Waals surface area (Å²) in [6, 6.07) is 71.5. The van der Waals surface area contributed by atoms with E-state index in [1.165, 1.54) is 88.9 Å². The van der Waals surface area contributed by atoms with Gasteiger partial charge in [0.05, 0.1) is 22.4 Å². The van der Waals surface area contributed by atoms with E-state index < -0.39 is 8.22 Å². The van der Waals surface area contributed by atoms with E-state index in [-0.39, 0.29) is 5.41 Å². The standard InChI is InChI=1S/C51H38N3P/c1-51(2)44-26-16-15-25-42(44)49-45(51)30-29-41-43-33-35(27-31-46(43)52(50(41)49)37-17-7-3-8-18-37)36-28-32-47-48(34-36)54(39-21-11-5-12-22-39)55(40-23-13-6-14-24-40)53(47)38-19-9-4-10-20-38/h3-34H,1-2H3. The van der Waals surface area contributed by atoms with Gasteiger partial charge in [-0.3, -0.25) is 9.34 Å². The zero-order valence-corrected chi connectivity index (χ0v) is 31.7. The van der Waals surface area contributed by atoms with Crippen molar-refractivity contribution in [3.05, 3.63) is 205 Å². The second-order valence-corrected chi connectivity index (χ2v) is 17.0. The smallest absolute Gasteiger partial charge is 0.138 e. The molecule has 1 unspecified atom stereocenters. The lowest BCUT2D eigenvalue weighted by Crippen LogP contribution is -2.21. The first-order valence-corrected chi connectivity index (χ1v) is 20.3. The number of rotatable bonds is 5. The molecule has 262 valence electrons. The van der Waals surface area contributed by atoms with Gasteiger partial charge in [0.15, 0.2) is 0 Å². The number of nitrogens with zero attached hydrogens (tertiary/aromatic N) is 3. The van der Waals surface area contributed by atoms with Crippen molar-refractivity contribution in [1.29, 1.82) is 0 Å². The Morgan fingerprint density at radius 3 is 1.69 bits per heavy atom. The predicted molar refractivity (Wildman–Crippen MR) is 234 cm³/mol. The Morgan fingerprint density at radius 1 is 0.436 bits per heavy atom. The van der Waals surface area contributed by atoms with Crippen LogP contribution in [-0.4, -0.2) is 4.57 Å². The number of hydrogen-bond donors (Lipinski definition) is 0. The van der Waals surface area contributed by atoms with E-state index in [0.717, 1.165) is 0 Å². The molecule has 8 aromatic carbocycles.